The van der Waals surface area contributed by atoms with Crippen molar-refractivity contribution in [3.8, 4) is 0 Å². The van der Waals surface area contributed by atoms with Crippen LogP contribution in [0.2, 0.25) is 0 Å². The van der Waals surface area contributed by atoms with Crippen molar-refractivity contribution in [1.29, 1.82) is 0 Å². The number of nitrogens with zero attached hydrogens (tertiary/aromatic N) is 1. The first kappa shape index (κ1) is 18.4. The van der Waals surface area contributed by atoms with Gasteiger partial charge in [-0.2, -0.15) is 0 Å². The lowest BCUT2D eigenvalue weighted by Crippen LogP contribution is -2.09. The van der Waals surface area contributed by atoms with Crippen molar-refractivity contribution in [2.24, 2.45) is 0 Å². The van der Waals surface area contributed by atoms with Gasteiger partial charge < -0.3 is 9.67 Å². The number of hydrogen-bond acceptors (Lipinski definition) is 2. The first-order chi connectivity index (χ1) is 13.0. The zero-order chi connectivity index (χ0) is 19.2. The summed E-state index contributed by atoms with van der Waals surface area (Å²) >= 11 is 0. The van der Waals surface area contributed by atoms with E-state index in [1.165, 1.54) is 0 Å². The lowest BCUT2D eigenvalue weighted by Gasteiger charge is -2.06. The molecule has 4 nitrogen and oxygen atoms in total. The van der Waals surface area contributed by atoms with Crippen LogP contribution in [0.3, 0.4) is 0 Å². The zero-order valence-corrected chi connectivity index (χ0v) is 15.1. The van der Waals surface area contributed by atoms with Crippen molar-refractivity contribution in [2.45, 2.75) is 19.9 Å². The number of carboxylic acid groups (broad SMARTS) is 1. The Morgan fingerprint density at radius 1 is 1.00 bits per heavy atom. The lowest BCUT2D eigenvalue weighted by atomic mass is 10.1. The summed E-state index contributed by atoms with van der Waals surface area (Å²) in [6.45, 7) is 2.58. The minimum atomic E-state index is -0.836. The van der Waals surface area contributed by atoms with Crippen LogP contribution in [0.15, 0.2) is 72.9 Å². The predicted octanol–water partition coefficient (Wildman–Crippen LogP) is 4.37. The molecule has 0 bridgehead atoms. The molecule has 0 fully saturated rings. The molecule has 0 aliphatic carbocycles. The van der Waals surface area contributed by atoms with Crippen LogP contribution in [0.4, 0.5) is 0 Å². The highest BCUT2D eigenvalue weighted by Crippen LogP contribution is 2.13. The maximum atomic E-state index is 12.7. The van der Waals surface area contributed by atoms with Gasteiger partial charge in [0.2, 0.25) is 5.78 Å². The van der Waals surface area contributed by atoms with Crippen molar-refractivity contribution >= 4 is 17.8 Å². The van der Waals surface area contributed by atoms with E-state index in [2.05, 4.69) is 0 Å². The molecule has 3 rings (SSSR count). The number of aromatic nitrogens is 1. The standard InChI is InChI=1S/C23H21NO3/c1-17-6-12-20(13-7-17)23(27)21-5-3-15-24(21)14-2-4-18-8-10-19(11-9-18)16-22(25)26/h2-13,15H,14,16H2,1H3,(H,25,26). The molecule has 27 heavy (non-hydrogen) atoms. The minimum absolute atomic E-state index is 0.00595. The smallest absolute Gasteiger partial charge is 0.307 e. The van der Waals surface area contributed by atoms with Crippen LogP contribution in [0.25, 0.3) is 6.08 Å². The molecule has 1 N–H and O–H groups in total. The van der Waals surface area contributed by atoms with Crippen molar-refractivity contribution in [3.05, 3.63) is 101 Å². The summed E-state index contributed by atoms with van der Waals surface area (Å²) in [6, 6.07) is 18.7. The molecule has 0 atom stereocenters. The van der Waals surface area contributed by atoms with Crippen LogP contribution in [-0.2, 0) is 17.8 Å². The Kier molecular flexibility index (Phi) is 5.67. The zero-order valence-electron chi connectivity index (χ0n) is 15.1. The SMILES string of the molecule is Cc1ccc(C(=O)c2cccn2CC=Cc2ccc(CC(=O)O)cc2)cc1. The Morgan fingerprint density at radius 3 is 2.37 bits per heavy atom. The van der Waals surface area contributed by atoms with Crippen LogP contribution < -0.4 is 0 Å². The molecule has 4 heteroatoms. The van der Waals surface area contributed by atoms with Gasteiger partial charge in [-0.3, -0.25) is 9.59 Å². The molecule has 3 aromatic rings. The fourth-order valence-corrected chi connectivity index (χ4v) is 2.86. The van der Waals surface area contributed by atoms with E-state index in [-0.39, 0.29) is 12.2 Å². The summed E-state index contributed by atoms with van der Waals surface area (Å²) in [7, 11) is 0. The van der Waals surface area contributed by atoms with E-state index in [0.717, 1.165) is 16.7 Å². The van der Waals surface area contributed by atoms with E-state index in [1.54, 1.807) is 0 Å². The van der Waals surface area contributed by atoms with Crippen LogP contribution in [0.5, 0.6) is 0 Å². The van der Waals surface area contributed by atoms with Crippen molar-refractivity contribution in [3.63, 3.8) is 0 Å². The van der Waals surface area contributed by atoms with Gasteiger partial charge in [-0.1, -0.05) is 66.2 Å². The van der Waals surface area contributed by atoms with Crippen molar-refractivity contribution < 1.29 is 14.7 Å². The number of aliphatic carboxylic acids is 1. The average Bonchev–Trinajstić information content (AvgIpc) is 3.11. The largest absolute Gasteiger partial charge is 0.481 e. The molecule has 2 aromatic carbocycles. The highest BCUT2D eigenvalue weighted by Gasteiger charge is 2.12. The van der Waals surface area contributed by atoms with Crippen LogP contribution in [0.1, 0.15) is 32.7 Å². The number of carbonyl (C=O) groups is 2. The van der Waals surface area contributed by atoms with E-state index in [9.17, 15) is 9.59 Å². The molecule has 1 heterocycles. The van der Waals surface area contributed by atoms with E-state index in [0.29, 0.717) is 17.8 Å². The fourth-order valence-electron chi connectivity index (χ4n) is 2.86. The van der Waals surface area contributed by atoms with Gasteiger partial charge in [0, 0.05) is 18.3 Å². The number of benzene rings is 2. The molecular formula is C23H21NO3. The molecule has 0 saturated heterocycles. The molecule has 0 radical (unpaired) electrons. The normalized spacial score (nSPS) is 11.0. The molecule has 0 saturated carbocycles. The highest BCUT2D eigenvalue weighted by atomic mass is 16.4. The lowest BCUT2D eigenvalue weighted by molar-refractivity contribution is -0.136. The average molecular weight is 359 g/mol. The molecule has 0 unspecified atom stereocenters. The van der Waals surface area contributed by atoms with Gasteiger partial charge in [-0.15, -0.1) is 0 Å². The van der Waals surface area contributed by atoms with Gasteiger partial charge in [0.25, 0.3) is 0 Å². The number of carboxylic acids is 1. The second-order valence-electron chi connectivity index (χ2n) is 6.46. The third kappa shape index (κ3) is 4.82. The Morgan fingerprint density at radius 2 is 1.70 bits per heavy atom. The van der Waals surface area contributed by atoms with Crippen LogP contribution in [-0.4, -0.2) is 21.4 Å². The van der Waals surface area contributed by atoms with E-state index in [4.69, 9.17) is 5.11 Å². The summed E-state index contributed by atoms with van der Waals surface area (Å²) in [5, 5.41) is 8.81. The van der Waals surface area contributed by atoms with Gasteiger partial charge in [0.15, 0.2) is 0 Å². The Hall–Kier alpha value is -3.40. The summed E-state index contributed by atoms with van der Waals surface area (Å²) in [5.74, 6) is -0.830. The number of ketones is 1. The van der Waals surface area contributed by atoms with Crippen molar-refractivity contribution in [2.75, 3.05) is 0 Å². The third-order valence-electron chi connectivity index (χ3n) is 4.32. The van der Waals surface area contributed by atoms with E-state index in [1.807, 2.05) is 90.5 Å². The first-order valence-corrected chi connectivity index (χ1v) is 8.77. The predicted molar refractivity (Wildman–Crippen MR) is 106 cm³/mol. The van der Waals surface area contributed by atoms with Gasteiger partial charge in [0.05, 0.1) is 12.1 Å². The number of aryl methyl sites for hydroxylation is 1. The second-order valence-corrected chi connectivity index (χ2v) is 6.46. The molecular weight excluding hydrogens is 338 g/mol. The van der Waals surface area contributed by atoms with Gasteiger partial charge in [-0.25, -0.2) is 0 Å². The van der Waals surface area contributed by atoms with Gasteiger partial charge in [-0.05, 0) is 30.2 Å². The summed E-state index contributed by atoms with van der Waals surface area (Å²) in [5.41, 5.74) is 4.22. The summed E-state index contributed by atoms with van der Waals surface area (Å²) in [4.78, 5) is 23.4. The molecule has 0 aliphatic heterocycles. The number of carbonyl (C=O) groups excluding carboxylic acids is 1. The Balaban J connectivity index is 1.68. The van der Waals surface area contributed by atoms with Gasteiger partial charge in [0.1, 0.15) is 0 Å². The number of rotatable bonds is 7. The highest BCUT2D eigenvalue weighted by molar-refractivity contribution is 6.08. The summed E-state index contributed by atoms with van der Waals surface area (Å²) < 4.78 is 1.91. The quantitative estimate of drug-likeness (QED) is 0.637. The first-order valence-electron chi connectivity index (χ1n) is 8.77. The Labute approximate surface area is 158 Å². The van der Waals surface area contributed by atoms with Crippen LogP contribution in [0, 0.1) is 6.92 Å². The molecule has 136 valence electrons. The topological polar surface area (TPSA) is 59.3 Å². The third-order valence-corrected chi connectivity index (χ3v) is 4.32. The molecule has 0 amide bonds. The maximum Gasteiger partial charge on any atom is 0.307 e. The van der Waals surface area contributed by atoms with Gasteiger partial charge >= 0.3 is 5.97 Å². The second kappa shape index (κ2) is 8.32. The van der Waals surface area contributed by atoms with E-state index < -0.39 is 5.97 Å². The van der Waals surface area contributed by atoms with E-state index >= 15 is 0 Å². The molecule has 1 aromatic heterocycles. The monoisotopic (exact) mass is 359 g/mol. The maximum absolute atomic E-state index is 12.7. The molecule has 0 spiro atoms. The fraction of sp³-hybridized carbons (Fsp3) is 0.130. The van der Waals surface area contributed by atoms with Crippen molar-refractivity contribution in [1.82, 2.24) is 4.57 Å². The van der Waals surface area contributed by atoms with Crippen LogP contribution >= 0.6 is 0 Å². The Bertz CT molecular complexity index is 964. The number of allylic oxidation sites excluding steroid dienone is 1. The minimum Gasteiger partial charge on any atom is -0.481 e. The molecule has 0 aliphatic rings. The number of hydrogen-bond donors (Lipinski definition) is 1. The summed E-state index contributed by atoms with van der Waals surface area (Å²) in [6.07, 6.45) is 5.86.